The molecule has 0 saturated heterocycles. The molecule has 4 heteroatoms. The summed E-state index contributed by atoms with van der Waals surface area (Å²) in [5.74, 6) is 0. The predicted molar refractivity (Wildman–Crippen MR) is 94.3 cm³/mol. The van der Waals surface area contributed by atoms with E-state index in [9.17, 15) is 9.90 Å². The van der Waals surface area contributed by atoms with E-state index in [2.05, 4.69) is 18.1 Å². The molecule has 1 aromatic rings. The molecule has 1 aromatic heterocycles. The molecular weight excluding hydrogens is 288 g/mol. The Morgan fingerprint density at radius 3 is 2.61 bits per heavy atom. The van der Waals surface area contributed by atoms with Crippen molar-refractivity contribution in [2.75, 3.05) is 19.6 Å². The third-order valence-electron chi connectivity index (χ3n) is 3.73. The van der Waals surface area contributed by atoms with E-state index in [1.165, 1.54) is 10.6 Å². The summed E-state index contributed by atoms with van der Waals surface area (Å²) in [5, 5.41) is 10.3. The Bertz CT molecular complexity index is 670. The lowest BCUT2D eigenvalue weighted by Gasteiger charge is -2.26. The highest BCUT2D eigenvalue weighted by Crippen LogP contribution is 2.09. The van der Waals surface area contributed by atoms with Crippen LogP contribution in [0, 0.1) is 0 Å². The predicted octanol–water partition coefficient (Wildman–Crippen LogP) is 2.14. The van der Waals surface area contributed by atoms with Crippen molar-refractivity contribution in [3.63, 3.8) is 0 Å². The minimum atomic E-state index is -0.612. The number of aliphatic hydroxyl groups excluding tert-OH is 1. The Hall–Kier alpha value is -2.17. The van der Waals surface area contributed by atoms with Crippen molar-refractivity contribution < 1.29 is 5.11 Å². The van der Waals surface area contributed by atoms with Crippen molar-refractivity contribution in [2.45, 2.75) is 19.1 Å². The van der Waals surface area contributed by atoms with E-state index in [1.54, 1.807) is 18.3 Å². The minimum absolute atomic E-state index is 0.0987. The molecule has 0 saturated carbocycles. The zero-order valence-electron chi connectivity index (χ0n) is 13.4. The van der Waals surface area contributed by atoms with Crippen LogP contribution in [0.25, 0.3) is 0 Å². The lowest BCUT2D eigenvalue weighted by molar-refractivity contribution is 0.102. The highest BCUT2D eigenvalue weighted by Gasteiger charge is 2.14. The minimum Gasteiger partial charge on any atom is -0.390 e. The average molecular weight is 312 g/mol. The number of nitrogens with zero attached hydrogens (tertiary/aromatic N) is 2. The zero-order valence-corrected chi connectivity index (χ0v) is 13.4. The Kier molecular flexibility index (Phi) is 6.32. The maximum atomic E-state index is 11.7. The number of pyridine rings is 1. The number of hydrogen-bond donors (Lipinski definition) is 1. The summed E-state index contributed by atoms with van der Waals surface area (Å²) in [5.41, 5.74) is 1.95. The number of hydrogen-bond acceptors (Lipinski definition) is 3. The van der Waals surface area contributed by atoms with E-state index in [-0.39, 0.29) is 5.56 Å². The van der Waals surface area contributed by atoms with Crippen molar-refractivity contribution in [1.29, 1.82) is 0 Å². The van der Waals surface area contributed by atoms with Gasteiger partial charge in [-0.1, -0.05) is 49.1 Å². The molecule has 1 aliphatic heterocycles. The van der Waals surface area contributed by atoms with Crippen LogP contribution in [0.1, 0.15) is 6.42 Å². The Morgan fingerprint density at radius 2 is 1.87 bits per heavy atom. The fourth-order valence-electron chi connectivity index (χ4n) is 2.54. The monoisotopic (exact) mass is 312 g/mol. The standard InChI is InChI=1S/C19H24N2O2/c1-16-7-3-4-8-17(2)13-20(12-10-16)14-18(22)15-21-11-6-5-9-19(21)23/h3-9,11,18,22H,1-2,10,12-15H2/b7-3-,8-4-/t18-/m1/s1. The van der Waals surface area contributed by atoms with Crippen molar-refractivity contribution in [1.82, 2.24) is 9.47 Å². The van der Waals surface area contributed by atoms with E-state index in [4.69, 9.17) is 0 Å². The van der Waals surface area contributed by atoms with Crippen LogP contribution < -0.4 is 5.56 Å². The summed E-state index contributed by atoms with van der Waals surface area (Å²) in [6, 6.07) is 4.99. The van der Waals surface area contributed by atoms with E-state index in [0.29, 0.717) is 19.6 Å². The zero-order chi connectivity index (χ0) is 16.7. The first kappa shape index (κ1) is 17.2. The smallest absolute Gasteiger partial charge is 0.250 e. The average Bonchev–Trinajstić information content (AvgIpc) is 2.51. The Morgan fingerprint density at radius 1 is 1.13 bits per heavy atom. The van der Waals surface area contributed by atoms with Gasteiger partial charge >= 0.3 is 0 Å². The summed E-state index contributed by atoms with van der Waals surface area (Å²) in [6.07, 6.45) is 9.82. The van der Waals surface area contributed by atoms with E-state index in [0.717, 1.165) is 24.1 Å². The van der Waals surface area contributed by atoms with Crippen LogP contribution >= 0.6 is 0 Å². The quantitative estimate of drug-likeness (QED) is 0.926. The third kappa shape index (κ3) is 5.85. The highest BCUT2D eigenvalue weighted by molar-refractivity contribution is 5.26. The summed E-state index contributed by atoms with van der Waals surface area (Å²) >= 11 is 0. The number of β-amino-alcohol motifs (C(OH)–C–C–N with tert-alkyl or cyclic N) is 1. The van der Waals surface area contributed by atoms with Gasteiger partial charge in [0.2, 0.25) is 0 Å². The van der Waals surface area contributed by atoms with Crippen molar-refractivity contribution in [3.05, 3.63) is 83.4 Å². The van der Waals surface area contributed by atoms with Gasteiger partial charge in [0.1, 0.15) is 0 Å². The van der Waals surface area contributed by atoms with Gasteiger partial charge in [0.25, 0.3) is 5.56 Å². The molecule has 0 amide bonds. The second-order valence-electron chi connectivity index (χ2n) is 5.86. The molecule has 0 fully saturated rings. The van der Waals surface area contributed by atoms with Crippen LogP contribution in [0.15, 0.2) is 77.8 Å². The molecule has 1 aliphatic rings. The van der Waals surface area contributed by atoms with Crippen LogP contribution in [0.5, 0.6) is 0 Å². The lowest BCUT2D eigenvalue weighted by Crippen LogP contribution is -2.38. The van der Waals surface area contributed by atoms with Gasteiger partial charge in [0.15, 0.2) is 0 Å². The van der Waals surface area contributed by atoms with Crippen LogP contribution in [0.4, 0.5) is 0 Å². The van der Waals surface area contributed by atoms with Crippen molar-refractivity contribution in [3.8, 4) is 0 Å². The molecule has 0 bridgehead atoms. The lowest BCUT2D eigenvalue weighted by atomic mass is 10.1. The summed E-state index contributed by atoms with van der Waals surface area (Å²) in [4.78, 5) is 13.9. The summed E-state index contributed by atoms with van der Waals surface area (Å²) in [6.45, 7) is 10.3. The van der Waals surface area contributed by atoms with E-state index < -0.39 is 6.10 Å². The van der Waals surface area contributed by atoms with Gasteiger partial charge in [-0.2, -0.15) is 0 Å². The fourth-order valence-corrected chi connectivity index (χ4v) is 2.54. The fraction of sp³-hybridized carbons (Fsp3) is 0.316. The molecule has 0 radical (unpaired) electrons. The first-order valence-corrected chi connectivity index (χ1v) is 7.81. The molecule has 0 aromatic carbocycles. The Labute approximate surface area is 137 Å². The summed E-state index contributed by atoms with van der Waals surface area (Å²) in [7, 11) is 0. The van der Waals surface area contributed by atoms with Crippen LogP contribution in [0.2, 0.25) is 0 Å². The largest absolute Gasteiger partial charge is 0.390 e. The van der Waals surface area contributed by atoms with Crippen molar-refractivity contribution >= 4 is 0 Å². The molecule has 0 aliphatic carbocycles. The van der Waals surface area contributed by atoms with Crippen molar-refractivity contribution in [2.24, 2.45) is 0 Å². The molecule has 122 valence electrons. The number of rotatable bonds is 4. The third-order valence-corrected chi connectivity index (χ3v) is 3.73. The molecular formula is C19H24N2O2. The number of aliphatic hydroxyl groups is 1. The topological polar surface area (TPSA) is 45.5 Å². The Balaban J connectivity index is 1.99. The highest BCUT2D eigenvalue weighted by atomic mass is 16.3. The van der Waals surface area contributed by atoms with E-state index >= 15 is 0 Å². The summed E-state index contributed by atoms with van der Waals surface area (Å²) < 4.78 is 1.53. The second-order valence-corrected chi connectivity index (χ2v) is 5.86. The molecule has 0 spiro atoms. The van der Waals surface area contributed by atoms with Gasteiger partial charge in [0.05, 0.1) is 12.6 Å². The molecule has 1 N–H and O–H groups in total. The second kappa shape index (κ2) is 8.46. The molecule has 2 heterocycles. The maximum Gasteiger partial charge on any atom is 0.250 e. The molecule has 1 atom stereocenters. The molecule has 4 nitrogen and oxygen atoms in total. The molecule has 0 unspecified atom stereocenters. The maximum absolute atomic E-state index is 11.7. The number of aromatic nitrogens is 1. The van der Waals surface area contributed by atoms with Crippen LogP contribution in [-0.4, -0.2) is 40.3 Å². The number of allylic oxidation sites excluding steroid dienone is 3. The molecule has 2 rings (SSSR count). The van der Waals surface area contributed by atoms with E-state index in [1.807, 2.05) is 24.3 Å². The normalized spacial score (nSPS) is 20.9. The van der Waals surface area contributed by atoms with Gasteiger partial charge in [0, 0.05) is 31.9 Å². The van der Waals surface area contributed by atoms with Gasteiger partial charge in [-0.25, -0.2) is 0 Å². The van der Waals surface area contributed by atoms with Gasteiger partial charge in [-0.3, -0.25) is 9.69 Å². The first-order chi connectivity index (χ1) is 11.0. The van der Waals surface area contributed by atoms with Gasteiger partial charge in [-0.15, -0.1) is 0 Å². The van der Waals surface area contributed by atoms with Gasteiger partial charge in [-0.05, 0) is 18.1 Å². The van der Waals surface area contributed by atoms with Crippen LogP contribution in [-0.2, 0) is 6.54 Å². The van der Waals surface area contributed by atoms with Gasteiger partial charge < -0.3 is 9.67 Å². The SMILES string of the molecule is C=C1/C=C\C=C/C(=C)CN(C[C@@H](O)Cn2ccccc2=O)CC1. The molecule has 23 heavy (non-hydrogen) atoms. The van der Waals surface area contributed by atoms with Crippen LogP contribution in [0.3, 0.4) is 0 Å². The first-order valence-electron chi connectivity index (χ1n) is 7.81.